The fourth-order valence-corrected chi connectivity index (χ4v) is 3.03. The van der Waals surface area contributed by atoms with E-state index in [-0.39, 0.29) is 5.91 Å². The van der Waals surface area contributed by atoms with Gasteiger partial charge in [0, 0.05) is 30.9 Å². The van der Waals surface area contributed by atoms with Gasteiger partial charge in [0.05, 0.1) is 7.11 Å². The minimum Gasteiger partial charge on any atom is -0.497 e. The van der Waals surface area contributed by atoms with Crippen molar-refractivity contribution >= 4 is 22.4 Å². The van der Waals surface area contributed by atoms with Gasteiger partial charge in [-0.25, -0.2) is 4.98 Å². The second-order valence-electron chi connectivity index (χ2n) is 5.60. The van der Waals surface area contributed by atoms with Gasteiger partial charge in [-0.05, 0) is 41.8 Å². The van der Waals surface area contributed by atoms with Crippen LogP contribution in [-0.2, 0) is 13.0 Å². The number of rotatable bonds is 8. The van der Waals surface area contributed by atoms with Crippen LogP contribution in [0.1, 0.15) is 21.6 Å². The molecule has 134 valence electrons. The number of hydrogen-bond acceptors (Lipinski definition) is 6. The number of ether oxygens (including phenoxy) is 1. The lowest BCUT2D eigenvalue weighted by molar-refractivity contribution is 0.0950. The van der Waals surface area contributed by atoms with E-state index in [1.54, 1.807) is 24.9 Å². The van der Waals surface area contributed by atoms with Crippen LogP contribution in [0.5, 0.6) is 5.75 Å². The quantitative estimate of drug-likeness (QED) is 0.639. The smallest absolute Gasteiger partial charge is 0.270 e. The first kappa shape index (κ1) is 17.9. The molecule has 2 N–H and O–H groups in total. The Labute approximate surface area is 156 Å². The van der Waals surface area contributed by atoms with E-state index in [1.165, 1.54) is 11.3 Å². The first-order valence-electron chi connectivity index (χ1n) is 8.24. The SMILES string of the molecule is COc1ccc(CNc2nc(C(=O)NCCc3ccncc3)cs2)cc1. The summed E-state index contributed by atoms with van der Waals surface area (Å²) in [7, 11) is 1.65. The second-order valence-corrected chi connectivity index (χ2v) is 6.46. The summed E-state index contributed by atoms with van der Waals surface area (Å²) in [6.45, 7) is 1.20. The molecule has 0 aliphatic heterocycles. The summed E-state index contributed by atoms with van der Waals surface area (Å²) in [5.74, 6) is 0.668. The van der Waals surface area contributed by atoms with Crippen LogP contribution in [0, 0.1) is 0 Å². The Kier molecular flexibility index (Phi) is 6.16. The van der Waals surface area contributed by atoms with Crippen LogP contribution >= 0.6 is 11.3 Å². The Hall–Kier alpha value is -2.93. The van der Waals surface area contributed by atoms with Crippen molar-refractivity contribution in [2.75, 3.05) is 19.0 Å². The molecule has 7 heteroatoms. The minimum atomic E-state index is -0.159. The number of thiazole rings is 1. The fourth-order valence-electron chi connectivity index (χ4n) is 2.34. The highest BCUT2D eigenvalue weighted by Crippen LogP contribution is 2.17. The van der Waals surface area contributed by atoms with Gasteiger partial charge in [-0.3, -0.25) is 9.78 Å². The standard InChI is InChI=1S/C19H20N4O2S/c1-25-16-4-2-15(3-5-16)12-22-19-23-17(13-26-19)18(24)21-11-8-14-6-9-20-10-7-14/h2-7,9-10,13H,8,11-12H2,1H3,(H,21,24)(H,22,23). The molecule has 0 aliphatic rings. The van der Waals surface area contributed by atoms with Crippen molar-refractivity contribution < 1.29 is 9.53 Å². The molecule has 0 radical (unpaired) electrons. The third-order valence-corrected chi connectivity index (χ3v) is 4.59. The van der Waals surface area contributed by atoms with E-state index < -0.39 is 0 Å². The molecular weight excluding hydrogens is 348 g/mol. The Balaban J connectivity index is 1.46. The average Bonchev–Trinajstić information content (AvgIpc) is 3.17. The van der Waals surface area contributed by atoms with Crippen molar-refractivity contribution in [1.29, 1.82) is 0 Å². The number of pyridine rings is 1. The highest BCUT2D eigenvalue weighted by Gasteiger charge is 2.10. The zero-order chi connectivity index (χ0) is 18.2. The molecule has 2 heterocycles. The van der Waals surface area contributed by atoms with Crippen molar-refractivity contribution in [2.45, 2.75) is 13.0 Å². The van der Waals surface area contributed by atoms with Crippen LogP contribution in [0.25, 0.3) is 0 Å². The Morgan fingerprint density at radius 2 is 1.88 bits per heavy atom. The number of nitrogens with zero attached hydrogens (tertiary/aromatic N) is 2. The summed E-state index contributed by atoms with van der Waals surface area (Å²) in [5, 5.41) is 8.61. The fraction of sp³-hybridized carbons (Fsp3) is 0.211. The number of methoxy groups -OCH3 is 1. The first-order chi connectivity index (χ1) is 12.7. The Morgan fingerprint density at radius 3 is 2.62 bits per heavy atom. The molecule has 1 amide bonds. The largest absolute Gasteiger partial charge is 0.497 e. The Bertz CT molecular complexity index is 834. The number of carbonyl (C=O) groups is 1. The van der Waals surface area contributed by atoms with Gasteiger partial charge in [0.2, 0.25) is 0 Å². The van der Waals surface area contributed by atoms with Gasteiger partial charge in [-0.2, -0.15) is 0 Å². The van der Waals surface area contributed by atoms with Crippen LogP contribution in [0.2, 0.25) is 0 Å². The predicted octanol–water partition coefficient (Wildman–Crippen LogP) is 3.13. The molecular formula is C19H20N4O2S. The molecule has 1 aromatic carbocycles. The van der Waals surface area contributed by atoms with Crippen LogP contribution < -0.4 is 15.4 Å². The molecule has 3 rings (SSSR count). The molecule has 0 atom stereocenters. The molecule has 0 unspecified atom stereocenters. The molecule has 0 aliphatic carbocycles. The van der Waals surface area contributed by atoms with E-state index in [0.29, 0.717) is 18.8 Å². The van der Waals surface area contributed by atoms with Crippen molar-refractivity contribution in [3.05, 3.63) is 71.0 Å². The molecule has 6 nitrogen and oxygen atoms in total. The van der Waals surface area contributed by atoms with Gasteiger partial charge < -0.3 is 15.4 Å². The van der Waals surface area contributed by atoms with E-state index in [0.717, 1.165) is 28.4 Å². The lowest BCUT2D eigenvalue weighted by Gasteiger charge is -2.05. The van der Waals surface area contributed by atoms with Gasteiger partial charge in [0.1, 0.15) is 11.4 Å². The molecule has 0 saturated heterocycles. The van der Waals surface area contributed by atoms with Crippen molar-refractivity contribution in [3.8, 4) is 5.75 Å². The Morgan fingerprint density at radius 1 is 1.12 bits per heavy atom. The van der Waals surface area contributed by atoms with Gasteiger partial charge in [0.15, 0.2) is 5.13 Å². The molecule has 2 aromatic heterocycles. The number of carbonyl (C=O) groups excluding carboxylic acids is 1. The molecule has 26 heavy (non-hydrogen) atoms. The summed E-state index contributed by atoms with van der Waals surface area (Å²) in [5.41, 5.74) is 2.69. The monoisotopic (exact) mass is 368 g/mol. The van der Waals surface area contributed by atoms with E-state index >= 15 is 0 Å². The summed E-state index contributed by atoms with van der Waals surface area (Å²) < 4.78 is 5.14. The van der Waals surface area contributed by atoms with Gasteiger partial charge in [-0.15, -0.1) is 11.3 Å². The highest BCUT2D eigenvalue weighted by molar-refractivity contribution is 7.13. The van der Waals surface area contributed by atoms with E-state index in [9.17, 15) is 4.79 Å². The molecule has 0 fully saturated rings. The van der Waals surface area contributed by atoms with Crippen molar-refractivity contribution in [3.63, 3.8) is 0 Å². The van der Waals surface area contributed by atoms with Crippen LogP contribution in [0.15, 0.2) is 54.2 Å². The van der Waals surface area contributed by atoms with Crippen LogP contribution in [0.4, 0.5) is 5.13 Å². The van der Waals surface area contributed by atoms with Gasteiger partial charge in [-0.1, -0.05) is 12.1 Å². The predicted molar refractivity (Wildman–Crippen MR) is 103 cm³/mol. The summed E-state index contributed by atoms with van der Waals surface area (Å²) in [6.07, 6.45) is 4.26. The maximum absolute atomic E-state index is 12.2. The van der Waals surface area contributed by atoms with Crippen molar-refractivity contribution in [1.82, 2.24) is 15.3 Å². The zero-order valence-corrected chi connectivity index (χ0v) is 15.3. The average molecular weight is 368 g/mol. The normalized spacial score (nSPS) is 10.3. The minimum absolute atomic E-state index is 0.159. The molecule has 0 spiro atoms. The first-order valence-corrected chi connectivity index (χ1v) is 9.12. The van der Waals surface area contributed by atoms with Crippen LogP contribution in [0.3, 0.4) is 0 Å². The lowest BCUT2D eigenvalue weighted by Crippen LogP contribution is -2.26. The number of aromatic nitrogens is 2. The zero-order valence-electron chi connectivity index (χ0n) is 14.4. The molecule has 0 bridgehead atoms. The van der Waals surface area contributed by atoms with E-state index in [1.807, 2.05) is 36.4 Å². The number of amides is 1. The van der Waals surface area contributed by atoms with Gasteiger partial charge >= 0.3 is 0 Å². The van der Waals surface area contributed by atoms with Crippen LogP contribution in [-0.4, -0.2) is 29.5 Å². The lowest BCUT2D eigenvalue weighted by atomic mass is 10.2. The van der Waals surface area contributed by atoms with Gasteiger partial charge in [0.25, 0.3) is 5.91 Å². The maximum Gasteiger partial charge on any atom is 0.270 e. The third-order valence-electron chi connectivity index (χ3n) is 3.79. The van der Waals surface area contributed by atoms with E-state index in [4.69, 9.17) is 4.74 Å². The molecule has 0 saturated carbocycles. The highest BCUT2D eigenvalue weighted by atomic mass is 32.1. The maximum atomic E-state index is 12.2. The number of benzene rings is 1. The molecule has 3 aromatic rings. The third kappa shape index (κ3) is 5.03. The summed E-state index contributed by atoms with van der Waals surface area (Å²) in [4.78, 5) is 20.5. The summed E-state index contributed by atoms with van der Waals surface area (Å²) >= 11 is 1.42. The summed E-state index contributed by atoms with van der Waals surface area (Å²) in [6, 6.07) is 11.7. The van der Waals surface area contributed by atoms with Crippen molar-refractivity contribution in [2.24, 2.45) is 0 Å². The topological polar surface area (TPSA) is 76.1 Å². The van der Waals surface area contributed by atoms with E-state index in [2.05, 4.69) is 20.6 Å². The number of hydrogen-bond donors (Lipinski definition) is 2. The number of anilines is 1. The second kappa shape index (κ2) is 8.96. The number of nitrogens with one attached hydrogen (secondary N) is 2.